The van der Waals surface area contributed by atoms with E-state index in [1.165, 1.54) is 0 Å². The first-order valence-electron chi connectivity index (χ1n) is 5.96. The standard InChI is InChI=1S/C11H15F2N5O.2ClH/c12-11(13)5-8(18-7-11)10(19)17-4-3-16-9-6-14-1-2-15-9;;/h1-2,6,8,18H,3-5,7H2,(H,15,16)(H,17,19);2*1H. The molecule has 10 heteroatoms. The fourth-order valence-electron chi connectivity index (χ4n) is 1.79. The second-order valence-corrected chi connectivity index (χ2v) is 4.30. The maximum atomic E-state index is 12.9. The van der Waals surface area contributed by atoms with Crippen LogP contribution in [0.5, 0.6) is 0 Å². The molecule has 1 unspecified atom stereocenters. The highest BCUT2D eigenvalue weighted by atomic mass is 35.5. The Morgan fingerprint density at radius 1 is 1.38 bits per heavy atom. The van der Waals surface area contributed by atoms with E-state index in [1.807, 2.05) is 0 Å². The van der Waals surface area contributed by atoms with Gasteiger partial charge in [-0.25, -0.2) is 13.8 Å². The van der Waals surface area contributed by atoms with Crippen molar-refractivity contribution < 1.29 is 13.6 Å². The van der Waals surface area contributed by atoms with Gasteiger partial charge >= 0.3 is 0 Å². The summed E-state index contributed by atoms with van der Waals surface area (Å²) >= 11 is 0. The number of nitrogens with one attached hydrogen (secondary N) is 3. The topological polar surface area (TPSA) is 78.9 Å². The number of carbonyl (C=O) groups is 1. The fraction of sp³-hybridized carbons (Fsp3) is 0.545. The summed E-state index contributed by atoms with van der Waals surface area (Å²) in [7, 11) is 0. The summed E-state index contributed by atoms with van der Waals surface area (Å²) in [5.41, 5.74) is 0. The zero-order chi connectivity index (χ0) is 13.7. The van der Waals surface area contributed by atoms with Crippen LogP contribution in [0.2, 0.25) is 0 Å². The van der Waals surface area contributed by atoms with Crippen molar-refractivity contribution in [2.75, 3.05) is 25.0 Å². The van der Waals surface area contributed by atoms with Gasteiger partial charge in [0.25, 0.3) is 5.92 Å². The summed E-state index contributed by atoms with van der Waals surface area (Å²) in [6.07, 6.45) is 4.21. The molecule has 6 nitrogen and oxygen atoms in total. The predicted molar refractivity (Wildman–Crippen MR) is 79.4 cm³/mol. The summed E-state index contributed by atoms with van der Waals surface area (Å²) in [5, 5.41) is 8.04. The van der Waals surface area contributed by atoms with Gasteiger partial charge in [-0.3, -0.25) is 15.1 Å². The van der Waals surface area contributed by atoms with E-state index < -0.39 is 30.8 Å². The molecule has 120 valence electrons. The lowest BCUT2D eigenvalue weighted by atomic mass is 10.2. The number of carbonyl (C=O) groups excluding carboxylic acids is 1. The normalized spacial score (nSPS) is 19.0. The molecule has 1 fully saturated rings. The Bertz CT molecular complexity index is 438. The van der Waals surface area contributed by atoms with Gasteiger partial charge in [0, 0.05) is 31.9 Å². The molecule has 0 aliphatic carbocycles. The molecule has 1 amide bonds. The summed E-state index contributed by atoms with van der Waals surface area (Å²) < 4.78 is 25.8. The number of aromatic nitrogens is 2. The van der Waals surface area contributed by atoms with Crippen LogP contribution in [0.15, 0.2) is 18.6 Å². The summed E-state index contributed by atoms with van der Waals surface area (Å²) in [5.74, 6) is -2.60. The van der Waals surface area contributed by atoms with Gasteiger partial charge in [0.15, 0.2) is 0 Å². The van der Waals surface area contributed by atoms with E-state index in [9.17, 15) is 13.6 Å². The van der Waals surface area contributed by atoms with Crippen LogP contribution in [-0.4, -0.2) is 47.5 Å². The van der Waals surface area contributed by atoms with Gasteiger partial charge in [0.05, 0.1) is 18.8 Å². The van der Waals surface area contributed by atoms with Crippen molar-refractivity contribution >= 4 is 36.5 Å². The molecule has 1 saturated heterocycles. The van der Waals surface area contributed by atoms with Crippen molar-refractivity contribution in [2.45, 2.75) is 18.4 Å². The molecule has 2 rings (SSSR count). The molecular weight excluding hydrogens is 327 g/mol. The number of halogens is 4. The minimum absolute atomic E-state index is 0. The lowest BCUT2D eigenvalue weighted by molar-refractivity contribution is -0.123. The lowest BCUT2D eigenvalue weighted by Crippen LogP contribution is -2.42. The van der Waals surface area contributed by atoms with Gasteiger partial charge in [0.2, 0.25) is 5.91 Å². The van der Waals surface area contributed by atoms with Crippen molar-refractivity contribution in [3.05, 3.63) is 18.6 Å². The second kappa shape index (κ2) is 8.91. The average Bonchev–Trinajstić information content (AvgIpc) is 2.76. The van der Waals surface area contributed by atoms with Crippen LogP contribution in [-0.2, 0) is 4.79 Å². The zero-order valence-corrected chi connectivity index (χ0v) is 12.6. The lowest BCUT2D eigenvalue weighted by Gasteiger charge is -2.11. The van der Waals surface area contributed by atoms with Crippen LogP contribution in [0.25, 0.3) is 0 Å². The Morgan fingerprint density at radius 2 is 2.14 bits per heavy atom. The van der Waals surface area contributed by atoms with Crippen LogP contribution in [0, 0.1) is 0 Å². The van der Waals surface area contributed by atoms with E-state index in [0.717, 1.165) is 0 Å². The SMILES string of the molecule is Cl.Cl.O=C(NCCNc1cnccn1)C1CC(F)(F)CN1. The molecular formula is C11H17Cl2F2N5O. The molecule has 1 aliphatic rings. The van der Waals surface area contributed by atoms with Crippen molar-refractivity contribution in [1.82, 2.24) is 20.6 Å². The average molecular weight is 344 g/mol. The maximum Gasteiger partial charge on any atom is 0.262 e. The number of amides is 1. The van der Waals surface area contributed by atoms with Gasteiger partial charge in [-0.1, -0.05) is 0 Å². The molecule has 0 bridgehead atoms. The van der Waals surface area contributed by atoms with Gasteiger partial charge in [0.1, 0.15) is 5.82 Å². The number of rotatable bonds is 5. The highest BCUT2D eigenvalue weighted by Crippen LogP contribution is 2.24. The Hall–Kier alpha value is -1.25. The van der Waals surface area contributed by atoms with Gasteiger partial charge in [-0.15, -0.1) is 24.8 Å². The molecule has 0 aromatic carbocycles. The van der Waals surface area contributed by atoms with Crippen LogP contribution in [0.3, 0.4) is 0 Å². The smallest absolute Gasteiger partial charge is 0.262 e. The minimum atomic E-state index is -2.79. The Kier molecular flexibility index (Phi) is 8.38. The first-order valence-corrected chi connectivity index (χ1v) is 5.96. The van der Waals surface area contributed by atoms with Crippen molar-refractivity contribution in [1.29, 1.82) is 0 Å². The third kappa shape index (κ3) is 6.36. The second-order valence-electron chi connectivity index (χ2n) is 4.30. The number of nitrogens with zero attached hydrogens (tertiary/aromatic N) is 2. The van der Waals surface area contributed by atoms with Crippen molar-refractivity contribution in [3.63, 3.8) is 0 Å². The molecule has 1 aromatic rings. The largest absolute Gasteiger partial charge is 0.367 e. The molecule has 0 spiro atoms. The van der Waals surface area contributed by atoms with E-state index in [2.05, 4.69) is 25.9 Å². The summed E-state index contributed by atoms with van der Waals surface area (Å²) in [6.45, 7) is 0.343. The molecule has 0 radical (unpaired) electrons. The monoisotopic (exact) mass is 343 g/mol. The van der Waals surface area contributed by atoms with Crippen molar-refractivity contribution in [3.8, 4) is 0 Å². The quantitative estimate of drug-likeness (QED) is 0.690. The van der Waals surface area contributed by atoms with E-state index in [1.54, 1.807) is 18.6 Å². The molecule has 3 N–H and O–H groups in total. The van der Waals surface area contributed by atoms with E-state index in [-0.39, 0.29) is 24.8 Å². The van der Waals surface area contributed by atoms with Gasteiger partial charge in [-0.05, 0) is 0 Å². The summed E-state index contributed by atoms with van der Waals surface area (Å²) in [4.78, 5) is 19.4. The highest BCUT2D eigenvalue weighted by molar-refractivity contribution is 5.85. The van der Waals surface area contributed by atoms with Crippen LogP contribution in [0.4, 0.5) is 14.6 Å². The Morgan fingerprint density at radius 3 is 2.71 bits per heavy atom. The molecule has 1 atom stereocenters. The number of hydrogen-bond donors (Lipinski definition) is 3. The first-order chi connectivity index (χ1) is 9.07. The molecule has 0 saturated carbocycles. The van der Waals surface area contributed by atoms with Crippen molar-refractivity contribution in [2.24, 2.45) is 0 Å². The molecule has 2 heterocycles. The third-order valence-electron chi connectivity index (χ3n) is 2.72. The highest BCUT2D eigenvalue weighted by Gasteiger charge is 2.42. The molecule has 1 aliphatic heterocycles. The maximum absolute atomic E-state index is 12.9. The minimum Gasteiger partial charge on any atom is -0.367 e. The van der Waals surface area contributed by atoms with Crippen LogP contribution < -0.4 is 16.0 Å². The third-order valence-corrected chi connectivity index (χ3v) is 2.72. The van der Waals surface area contributed by atoms with E-state index in [4.69, 9.17) is 0 Å². The number of alkyl halides is 2. The summed E-state index contributed by atoms with van der Waals surface area (Å²) in [6, 6.07) is -0.813. The zero-order valence-electron chi connectivity index (χ0n) is 11.0. The molecule has 21 heavy (non-hydrogen) atoms. The van der Waals surface area contributed by atoms with Crippen LogP contribution >= 0.6 is 24.8 Å². The van der Waals surface area contributed by atoms with Gasteiger partial charge < -0.3 is 10.6 Å². The van der Waals surface area contributed by atoms with E-state index >= 15 is 0 Å². The predicted octanol–water partition coefficient (Wildman–Crippen LogP) is 0.845. The van der Waals surface area contributed by atoms with Gasteiger partial charge in [-0.2, -0.15) is 0 Å². The first kappa shape index (κ1) is 19.8. The Labute approximate surface area is 133 Å². The number of anilines is 1. The fourth-order valence-corrected chi connectivity index (χ4v) is 1.79. The molecule has 1 aromatic heterocycles. The van der Waals surface area contributed by atoms with Crippen LogP contribution in [0.1, 0.15) is 6.42 Å². The van der Waals surface area contributed by atoms with E-state index in [0.29, 0.717) is 18.9 Å². The Balaban J connectivity index is 0.00000200. The number of hydrogen-bond acceptors (Lipinski definition) is 5.